The molecule has 0 saturated carbocycles. The van der Waals surface area contributed by atoms with E-state index in [0.29, 0.717) is 12.1 Å². The summed E-state index contributed by atoms with van der Waals surface area (Å²) < 4.78 is 42.4. The maximum absolute atomic E-state index is 13.7. The minimum Gasteiger partial charge on any atom is -0.495 e. The minimum atomic E-state index is -3.53. The molecule has 7 heteroatoms. The van der Waals surface area contributed by atoms with Gasteiger partial charge in [-0.2, -0.15) is 0 Å². The van der Waals surface area contributed by atoms with Crippen molar-refractivity contribution in [3.05, 3.63) is 23.5 Å². The van der Waals surface area contributed by atoms with Gasteiger partial charge in [0.1, 0.15) is 16.5 Å². The van der Waals surface area contributed by atoms with Crippen LogP contribution in [0.1, 0.15) is 5.56 Å². The quantitative estimate of drug-likeness (QED) is 0.885. The Morgan fingerprint density at radius 1 is 1.35 bits per heavy atom. The van der Waals surface area contributed by atoms with Crippen molar-refractivity contribution in [3.63, 3.8) is 0 Å². The zero-order valence-electron chi connectivity index (χ0n) is 11.6. The SMILES string of the molecule is COc1c(CN2CCNCC2)cc(F)cc1S(C)(=O)=O. The van der Waals surface area contributed by atoms with Crippen molar-refractivity contribution in [1.29, 1.82) is 0 Å². The molecule has 20 heavy (non-hydrogen) atoms. The van der Waals surface area contributed by atoms with Crippen LogP contribution >= 0.6 is 0 Å². The van der Waals surface area contributed by atoms with Crippen LogP contribution in [0.2, 0.25) is 0 Å². The third-order valence-corrected chi connectivity index (χ3v) is 4.41. The molecule has 1 aliphatic heterocycles. The second kappa shape index (κ2) is 6.07. The van der Waals surface area contributed by atoms with Crippen LogP contribution in [0.3, 0.4) is 0 Å². The highest BCUT2D eigenvalue weighted by Gasteiger charge is 2.21. The van der Waals surface area contributed by atoms with Crippen LogP contribution in [0.4, 0.5) is 4.39 Å². The van der Waals surface area contributed by atoms with Crippen molar-refractivity contribution in [3.8, 4) is 5.75 Å². The van der Waals surface area contributed by atoms with Gasteiger partial charge >= 0.3 is 0 Å². The van der Waals surface area contributed by atoms with Gasteiger partial charge in [-0.15, -0.1) is 0 Å². The summed E-state index contributed by atoms with van der Waals surface area (Å²) in [7, 11) is -2.12. The van der Waals surface area contributed by atoms with Gasteiger partial charge in [-0.05, 0) is 12.1 Å². The van der Waals surface area contributed by atoms with Crippen LogP contribution in [-0.2, 0) is 16.4 Å². The third-order valence-electron chi connectivity index (χ3n) is 3.30. The van der Waals surface area contributed by atoms with Crippen molar-refractivity contribution in [2.24, 2.45) is 0 Å². The second-order valence-electron chi connectivity index (χ2n) is 4.89. The average Bonchev–Trinajstić information content (AvgIpc) is 2.38. The highest BCUT2D eigenvalue weighted by molar-refractivity contribution is 7.90. The van der Waals surface area contributed by atoms with Gasteiger partial charge in [-0.3, -0.25) is 4.90 Å². The summed E-state index contributed by atoms with van der Waals surface area (Å²) in [5.41, 5.74) is 0.565. The Balaban J connectivity index is 2.38. The van der Waals surface area contributed by atoms with Crippen molar-refractivity contribution in [1.82, 2.24) is 10.2 Å². The molecule has 0 aromatic heterocycles. The number of benzene rings is 1. The highest BCUT2D eigenvalue weighted by atomic mass is 32.2. The molecule has 5 nitrogen and oxygen atoms in total. The van der Waals surface area contributed by atoms with E-state index < -0.39 is 15.7 Å². The van der Waals surface area contributed by atoms with E-state index in [1.165, 1.54) is 13.2 Å². The lowest BCUT2D eigenvalue weighted by molar-refractivity contribution is 0.229. The van der Waals surface area contributed by atoms with Gasteiger partial charge in [0.25, 0.3) is 0 Å². The molecule has 0 radical (unpaired) electrons. The molecule has 1 N–H and O–H groups in total. The van der Waals surface area contributed by atoms with E-state index in [9.17, 15) is 12.8 Å². The van der Waals surface area contributed by atoms with Crippen LogP contribution in [-0.4, -0.2) is 52.9 Å². The molecule has 0 unspecified atom stereocenters. The van der Waals surface area contributed by atoms with Gasteiger partial charge in [0.2, 0.25) is 0 Å². The van der Waals surface area contributed by atoms with Crippen molar-refractivity contribution in [2.75, 3.05) is 39.5 Å². The van der Waals surface area contributed by atoms with Gasteiger partial charge < -0.3 is 10.1 Å². The fraction of sp³-hybridized carbons (Fsp3) is 0.538. The molecule has 1 aromatic carbocycles. The maximum atomic E-state index is 13.7. The zero-order valence-corrected chi connectivity index (χ0v) is 12.5. The van der Waals surface area contributed by atoms with Crippen LogP contribution in [0.5, 0.6) is 5.75 Å². The van der Waals surface area contributed by atoms with E-state index in [4.69, 9.17) is 4.74 Å². The van der Waals surface area contributed by atoms with Crippen LogP contribution < -0.4 is 10.1 Å². The smallest absolute Gasteiger partial charge is 0.179 e. The zero-order chi connectivity index (χ0) is 14.8. The van der Waals surface area contributed by atoms with Gasteiger partial charge in [-0.1, -0.05) is 0 Å². The predicted molar refractivity (Wildman–Crippen MR) is 74.2 cm³/mol. The van der Waals surface area contributed by atoms with Gasteiger partial charge in [0.15, 0.2) is 9.84 Å². The van der Waals surface area contributed by atoms with Gasteiger partial charge in [-0.25, -0.2) is 12.8 Å². The number of piperazine rings is 1. The molecular formula is C13H19FN2O3S. The monoisotopic (exact) mass is 302 g/mol. The maximum Gasteiger partial charge on any atom is 0.179 e. The van der Waals surface area contributed by atoms with E-state index in [-0.39, 0.29) is 10.6 Å². The largest absolute Gasteiger partial charge is 0.495 e. The molecule has 0 bridgehead atoms. The molecule has 0 amide bonds. The normalized spacial score (nSPS) is 17.1. The van der Waals surface area contributed by atoms with Crippen LogP contribution in [0, 0.1) is 5.82 Å². The molecule has 1 aromatic rings. The molecule has 112 valence electrons. The molecule has 1 heterocycles. The average molecular weight is 302 g/mol. The molecule has 0 atom stereocenters. The second-order valence-corrected chi connectivity index (χ2v) is 6.88. The summed E-state index contributed by atoms with van der Waals surface area (Å²) in [6.45, 7) is 3.90. The Morgan fingerprint density at radius 2 is 2.00 bits per heavy atom. The number of ether oxygens (including phenoxy) is 1. The fourth-order valence-electron chi connectivity index (χ4n) is 2.36. The first-order chi connectivity index (χ1) is 9.41. The predicted octanol–water partition coefficient (Wildman–Crippen LogP) is 0.643. The molecule has 1 saturated heterocycles. The first-order valence-electron chi connectivity index (χ1n) is 6.41. The van der Waals surface area contributed by atoms with E-state index in [1.807, 2.05) is 0 Å². The first-order valence-corrected chi connectivity index (χ1v) is 8.30. The number of sulfone groups is 1. The van der Waals surface area contributed by atoms with Crippen LogP contribution in [0.25, 0.3) is 0 Å². The number of hydrogen-bond acceptors (Lipinski definition) is 5. The van der Waals surface area contributed by atoms with Crippen LogP contribution in [0.15, 0.2) is 17.0 Å². The Labute approximate surface area is 118 Å². The van der Waals surface area contributed by atoms with Crippen molar-refractivity contribution >= 4 is 9.84 Å². The third kappa shape index (κ3) is 3.47. The Bertz CT molecular complexity index is 584. The fourth-order valence-corrected chi connectivity index (χ4v) is 3.24. The summed E-state index contributed by atoms with van der Waals surface area (Å²) in [6, 6.07) is 2.35. The van der Waals surface area contributed by atoms with E-state index >= 15 is 0 Å². The summed E-state index contributed by atoms with van der Waals surface area (Å²) >= 11 is 0. The Kier molecular flexibility index (Phi) is 4.62. The standard InChI is InChI=1S/C13H19FN2O3S/c1-19-13-10(9-16-5-3-15-4-6-16)7-11(14)8-12(13)20(2,17)18/h7-8,15H,3-6,9H2,1-2H3. The number of nitrogens with zero attached hydrogens (tertiary/aromatic N) is 1. The summed E-state index contributed by atoms with van der Waals surface area (Å²) in [6.07, 6.45) is 1.05. The van der Waals surface area contributed by atoms with Crippen molar-refractivity contribution in [2.45, 2.75) is 11.4 Å². The lowest BCUT2D eigenvalue weighted by atomic mass is 10.1. The van der Waals surface area contributed by atoms with E-state index in [0.717, 1.165) is 38.5 Å². The minimum absolute atomic E-state index is 0.0925. The molecule has 0 aliphatic carbocycles. The number of rotatable bonds is 4. The lowest BCUT2D eigenvalue weighted by Crippen LogP contribution is -2.43. The molecular weight excluding hydrogens is 283 g/mol. The highest BCUT2D eigenvalue weighted by Crippen LogP contribution is 2.30. The Hall–Kier alpha value is -1.18. The number of halogens is 1. The summed E-state index contributed by atoms with van der Waals surface area (Å²) in [4.78, 5) is 2.05. The number of nitrogens with one attached hydrogen (secondary N) is 1. The van der Waals surface area contributed by atoms with Gasteiger partial charge in [0.05, 0.1) is 7.11 Å². The number of hydrogen-bond donors (Lipinski definition) is 1. The first kappa shape index (κ1) is 15.2. The molecule has 1 fully saturated rings. The topological polar surface area (TPSA) is 58.6 Å². The van der Waals surface area contributed by atoms with E-state index in [2.05, 4.69) is 10.2 Å². The van der Waals surface area contributed by atoms with E-state index in [1.54, 1.807) is 0 Å². The van der Waals surface area contributed by atoms with Crippen molar-refractivity contribution < 1.29 is 17.5 Å². The molecule has 1 aliphatic rings. The summed E-state index contributed by atoms with van der Waals surface area (Å²) in [5, 5.41) is 3.23. The molecule has 0 spiro atoms. The van der Waals surface area contributed by atoms with Gasteiger partial charge in [0, 0.05) is 44.5 Å². The molecule has 2 rings (SSSR count). The summed E-state index contributed by atoms with van der Waals surface area (Å²) in [5.74, 6) is -0.316. The lowest BCUT2D eigenvalue weighted by Gasteiger charge is -2.28. The number of methoxy groups -OCH3 is 1. The Morgan fingerprint density at radius 3 is 2.55 bits per heavy atom.